The Kier molecular flexibility index (Phi) is 10.8. The van der Waals surface area contributed by atoms with Crippen molar-refractivity contribution < 1.29 is 0 Å². The van der Waals surface area contributed by atoms with Crippen LogP contribution in [-0.4, -0.2) is 24.1 Å². The van der Waals surface area contributed by atoms with Crippen molar-refractivity contribution >= 4 is 49.3 Å². The Morgan fingerprint density at radius 3 is 1.42 bits per heavy atom. The molecule has 3 heterocycles. The van der Waals surface area contributed by atoms with Gasteiger partial charge in [0, 0.05) is 49.5 Å². The first kappa shape index (κ1) is 44.7. The van der Waals surface area contributed by atoms with Crippen LogP contribution in [0.4, 0.5) is 5.69 Å². The number of aromatic nitrogens is 5. The zero-order valence-corrected chi connectivity index (χ0v) is 40.4. The Hall–Kier alpha value is -11.2. The average Bonchev–Trinajstić information content (AvgIpc) is 4.04. The standard InChI is InChI=1S/C67H37N9/c1-71-53-33-44(41-70)32-52(34-53)50-22-26-57-56-25-21-49(51-30-42(39-68)29-43(31-51)40-69)37-63(56)76(64(57)38-50)62-28-24-48(47-23-27-61-58(35-47)55-19-11-12-20-60(55)75(61)54-17-9-4-10-18-54)36-59(62)67-73-65(45-13-5-2-6-14-45)72-66(74-67)46-15-7-3-8-16-46/h2-38H. The quantitative estimate of drug-likeness (QED) is 0.140. The molecule has 76 heavy (non-hydrogen) atoms. The molecule has 0 bridgehead atoms. The van der Waals surface area contributed by atoms with E-state index in [1.165, 1.54) is 0 Å². The molecule has 0 atom stereocenters. The highest BCUT2D eigenvalue weighted by molar-refractivity contribution is 6.13. The molecule has 0 aliphatic rings. The number of hydrogen-bond donors (Lipinski definition) is 0. The van der Waals surface area contributed by atoms with Crippen molar-refractivity contribution in [3.05, 3.63) is 253 Å². The van der Waals surface area contributed by atoms with Crippen LogP contribution in [0, 0.1) is 40.6 Å². The lowest BCUT2D eigenvalue weighted by Crippen LogP contribution is -2.04. The van der Waals surface area contributed by atoms with Crippen LogP contribution >= 0.6 is 0 Å². The topological polar surface area (TPSA) is 124 Å². The van der Waals surface area contributed by atoms with Gasteiger partial charge in [-0.3, -0.25) is 0 Å². The predicted molar refractivity (Wildman–Crippen MR) is 302 cm³/mol. The van der Waals surface area contributed by atoms with Gasteiger partial charge in [0.1, 0.15) is 0 Å². The highest BCUT2D eigenvalue weighted by Gasteiger charge is 2.23. The molecule has 350 valence electrons. The summed E-state index contributed by atoms with van der Waals surface area (Å²) in [5.41, 5.74) is 14.7. The van der Waals surface area contributed by atoms with E-state index in [0.29, 0.717) is 39.9 Å². The van der Waals surface area contributed by atoms with Crippen molar-refractivity contribution in [1.82, 2.24) is 24.1 Å². The van der Waals surface area contributed by atoms with E-state index in [2.05, 4.69) is 141 Å². The molecule has 0 amide bonds. The summed E-state index contributed by atoms with van der Waals surface area (Å²) in [6.45, 7) is 7.86. The van der Waals surface area contributed by atoms with Gasteiger partial charge in [0.05, 0.1) is 63.7 Å². The van der Waals surface area contributed by atoms with Crippen LogP contribution in [0.25, 0.3) is 127 Å². The molecule has 0 radical (unpaired) electrons. The minimum atomic E-state index is 0.370. The number of para-hydroxylation sites is 2. The highest BCUT2D eigenvalue weighted by atomic mass is 15.1. The molecule has 0 unspecified atom stereocenters. The normalized spacial score (nSPS) is 11.1. The molecule has 9 heteroatoms. The first-order valence-corrected chi connectivity index (χ1v) is 24.5. The molecular formula is C67H37N9. The molecule has 0 fully saturated rings. The maximum Gasteiger partial charge on any atom is 0.189 e. The summed E-state index contributed by atoms with van der Waals surface area (Å²) in [7, 11) is 0. The molecule has 10 aromatic carbocycles. The Morgan fingerprint density at radius 1 is 0.342 bits per heavy atom. The molecule has 13 aromatic rings. The molecule has 0 saturated carbocycles. The van der Waals surface area contributed by atoms with E-state index in [1.54, 1.807) is 24.3 Å². The van der Waals surface area contributed by atoms with Gasteiger partial charge >= 0.3 is 0 Å². The number of hydrogen-bond acceptors (Lipinski definition) is 6. The lowest BCUT2D eigenvalue weighted by molar-refractivity contribution is 1.06. The van der Waals surface area contributed by atoms with Gasteiger partial charge in [-0.15, -0.1) is 0 Å². The number of nitrogens with zero attached hydrogens (tertiary/aromatic N) is 9. The second kappa shape index (κ2) is 18.4. The molecule has 0 aliphatic heterocycles. The fraction of sp³-hybridized carbons (Fsp3) is 0. The van der Waals surface area contributed by atoms with Crippen LogP contribution in [0.3, 0.4) is 0 Å². The molecule has 0 aliphatic carbocycles. The van der Waals surface area contributed by atoms with Crippen LogP contribution < -0.4 is 0 Å². The Labute approximate surface area is 436 Å². The predicted octanol–water partition coefficient (Wildman–Crippen LogP) is 16.2. The van der Waals surface area contributed by atoms with E-state index in [1.807, 2.05) is 91.0 Å². The molecule has 0 spiro atoms. The fourth-order valence-electron chi connectivity index (χ4n) is 10.5. The SMILES string of the molecule is [C-]#[N+]c1cc(C#N)cc(-c2ccc3c4ccc(-c5cc(C#N)cc(C#N)c5)cc4n(-c4ccc(-c5ccc6c(c5)c5ccccc5n6-c5ccccc5)cc4-c4nc(-c5ccccc5)nc(-c5ccccc5)n4)c3c2)c1. The van der Waals surface area contributed by atoms with Gasteiger partial charge in [0.15, 0.2) is 23.2 Å². The van der Waals surface area contributed by atoms with E-state index in [0.717, 1.165) is 105 Å². The number of nitriles is 3. The van der Waals surface area contributed by atoms with E-state index in [-0.39, 0.29) is 0 Å². The van der Waals surface area contributed by atoms with E-state index >= 15 is 0 Å². The Bertz CT molecular complexity index is 4420. The summed E-state index contributed by atoms with van der Waals surface area (Å²) >= 11 is 0. The van der Waals surface area contributed by atoms with Crippen LogP contribution in [-0.2, 0) is 0 Å². The molecule has 0 N–H and O–H groups in total. The van der Waals surface area contributed by atoms with E-state index in [4.69, 9.17) is 21.5 Å². The summed E-state index contributed by atoms with van der Waals surface area (Å²) in [5.74, 6) is 1.49. The number of fused-ring (bicyclic) bond motifs is 6. The monoisotopic (exact) mass is 967 g/mol. The lowest BCUT2D eigenvalue weighted by atomic mass is 9.98. The van der Waals surface area contributed by atoms with Crippen molar-refractivity contribution in [2.24, 2.45) is 0 Å². The van der Waals surface area contributed by atoms with Crippen molar-refractivity contribution in [2.75, 3.05) is 0 Å². The maximum absolute atomic E-state index is 10.0. The number of benzene rings is 10. The summed E-state index contributed by atoms with van der Waals surface area (Å²) < 4.78 is 4.54. The van der Waals surface area contributed by atoms with E-state index in [9.17, 15) is 15.8 Å². The van der Waals surface area contributed by atoms with Gasteiger partial charge in [-0.2, -0.15) is 15.8 Å². The lowest BCUT2D eigenvalue weighted by Gasteiger charge is -2.17. The summed E-state index contributed by atoms with van der Waals surface area (Å²) in [5, 5.41) is 34.3. The van der Waals surface area contributed by atoms with Gasteiger partial charge in [-0.25, -0.2) is 19.8 Å². The van der Waals surface area contributed by atoms with Crippen LogP contribution in [0.1, 0.15) is 16.7 Å². The van der Waals surface area contributed by atoms with E-state index < -0.39 is 0 Å². The third-order valence-electron chi connectivity index (χ3n) is 14.0. The summed E-state index contributed by atoms with van der Waals surface area (Å²) in [6.07, 6.45) is 0. The van der Waals surface area contributed by atoms with Gasteiger partial charge in [-0.1, -0.05) is 133 Å². The minimum Gasteiger partial charge on any atom is -0.309 e. The van der Waals surface area contributed by atoms with Gasteiger partial charge < -0.3 is 9.13 Å². The molecule has 9 nitrogen and oxygen atoms in total. The first-order chi connectivity index (χ1) is 37.4. The average molecular weight is 968 g/mol. The summed E-state index contributed by atoms with van der Waals surface area (Å²) in [6, 6.07) is 81.5. The molecule has 0 saturated heterocycles. The fourth-order valence-corrected chi connectivity index (χ4v) is 10.5. The third-order valence-corrected chi connectivity index (χ3v) is 14.0. The summed E-state index contributed by atoms with van der Waals surface area (Å²) in [4.78, 5) is 19.5. The highest BCUT2D eigenvalue weighted by Crippen LogP contribution is 2.43. The van der Waals surface area contributed by atoms with Gasteiger partial charge in [-0.05, 0) is 124 Å². The van der Waals surface area contributed by atoms with Crippen molar-refractivity contribution in [1.29, 1.82) is 15.8 Å². The second-order valence-corrected chi connectivity index (χ2v) is 18.5. The van der Waals surface area contributed by atoms with Crippen LogP contribution in [0.15, 0.2) is 224 Å². The van der Waals surface area contributed by atoms with Crippen LogP contribution in [0.2, 0.25) is 0 Å². The van der Waals surface area contributed by atoms with Crippen molar-refractivity contribution in [2.45, 2.75) is 0 Å². The zero-order chi connectivity index (χ0) is 51.3. The molecular weight excluding hydrogens is 931 g/mol. The minimum absolute atomic E-state index is 0.370. The third kappa shape index (κ3) is 7.75. The van der Waals surface area contributed by atoms with Gasteiger partial charge in [0.25, 0.3) is 0 Å². The second-order valence-electron chi connectivity index (χ2n) is 18.5. The van der Waals surface area contributed by atoms with Crippen molar-refractivity contribution in [3.63, 3.8) is 0 Å². The largest absolute Gasteiger partial charge is 0.309 e. The van der Waals surface area contributed by atoms with Crippen molar-refractivity contribution in [3.8, 4) is 97.1 Å². The molecule has 13 rings (SSSR count). The molecule has 3 aromatic heterocycles. The zero-order valence-electron chi connectivity index (χ0n) is 40.4. The Morgan fingerprint density at radius 2 is 0.816 bits per heavy atom. The maximum atomic E-state index is 10.0. The smallest absolute Gasteiger partial charge is 0.189 e. The van der Waals surface area contributed by atoms with Gasteiger partial charge in [0.2, 0.25) is 0 Å². The van der Waals surface area contributed by atoms with Crippen LogP contribution in [0.5, 0.6) is 0 Å². The first-order valence-electron chi connectivity index (χ1n) is 24.5. The Balaban J connectivity index is 1.12. The number of rotatable bonds is 8.